The zero-order valence-corrected chi connectivity index (χ0v) is 15.0. The van der Waals surface area contributed by atoms with Crippen LogP contribution in [0.4, 0.5) is 0 Å². The fraction of sp³-hybridized carbons (Fsp3) is 0.905. The lowest BCUT2D eigenvalue weighted by Crippen LogP contribution is -2.46. The van der Waals surface area contributed by atoms with Gasteiger partial charge in [0.05, 0.1) is 5.76 Å². The van der Waals surface area contributed by atoms with Gasteiger partial charge < -0.3 is 4.74 Å². The van der Waals surface area contributed by atoms with Gasteiger partial charge in [0.25, 0.3) is 0 Å². The minimum absolute atomic E-state index is 0.138. The first-order valence-electron chi connectivity index (χ1n) is 9.70. The molecule has 0 amide bonds. The number of allylic oxidation sites excluding steroid dienone is 1. The average molecular weight is 303 g/mol. The Bertz CT molecular complexity index is 473. The van der Waals surface area contributed by atoms with Crippen molar-refractivity contribution in [1.82, 2.24) is 0 Å². The van der Waals surface area contributed by atoms with Crippen molar-refractivity contribution in [3.8, 4) is 0 Å². The van der Waals surface area contributed by atoms with E-state index in [1.165, 1.54) is 32.1 Å². The van der Waals surface area contributed by atoms with Crippen molar-refractivity contribution in [2.45, 2.75) is 78.2 Å². The molecule has 0 N–H and O–H groups in total. The molecule has 4 aliphatic carbocycles. The number of rotatable bonds is 4. The first-order chi connectivity index (χ1) is 10.3. The maximum atomic E-state index is 6.68. The normalized spacial score (nSPS) is 48.7. The molecule has 4 bridgehead atoms. The van der Waals surface area contributed by atoms with Crippen LogP contribution in [0.1, 0.15) is 72.6 Å². The second-order valence-corrected chi connectivity index (χ2v) is 10.1. The number of hydrogen-bond donors (Lipinski definition) is 0. The van der Waals surface area contributed by atoms with E-state index >= 15 is 0 Å². The monoisotopic (exact) mass is 302 g/mol. The summed E-state index contributed by atoms with van der Waals surface area (Å²) in [6.07, 6.45) is 9.54. The maximum Gasteiger partial charge on any atom is 0.112 e. The molecule has 0 aromatic rings. The van der Waals surface area contributed by atoms with E-state index in [0.717, 1.165) is 47.7 Å². The van der Waals surface area contributed by atoms with Crippen LogP contribution in [0.25, 0.3) is 0 Å². The molecule has 1 heteroatoms. The summed E-state index contributed by atoms with van der Waals surface area (Å²) in [6.45, 7) is 13.5. The standard InChI is InChI=1S/C21H34O/c1-6-21(22-13(2)11-20(3,4)5)12-16-10-17(21)19-15-8-7-14(9-15)18(16)19/h14-19H,2,6-12H2,1,3-5H3. The molecular formula is C21H34O. The molecule has 4 fully saturated rings. The topological polar surface area (TPSA) is 9.23 Å². The van der Waals surface area contributed by atoms with Gasteiger partial charge in [0.15, 0.2) is 0 Å². The maximum absolute atomic E-state index is 6.68. The van der Waals surface area contributed by atoms with Crippen molar-refractivity contribution in [2.75, 3.05) is 0 Å². The van der Waals surface area contributed by atoms with E-state index in [1.807, 2.05) is 0 Å². The van der Waals surface area contributed by atoms with Crippen molar-refractivity contribution >= 4 is 0 Å². The van der Waals surface area contributed by atoms with E-state index in [1.54, 1.807) is 6.42 Å². The van der Waals surface area contributed by atoms with Gasteiger partial charge in [-0.3, -0.25) is 0 Å². The van der Waals surface area contributed by atoms with Gasteiger partial charge in [-0.05, 0) is 73.5 Å². The third-order valence-corrected chi connectivity index (χ3v) is 7.57. The van der Waals surface area contributed by atoms with E-state index in [2.05, 4.69) is 34.3 Å². The van der Waals surface area contributed by atoms with Gasteiger partial charge in [0.1, 0.15) is 5.60 Å². The van der Waals surface area contributed by atoms with Crippen molar-refractivity contribution in [3.63, 3.8) is 0 Å². The predicted molar refractivity (Wildman–Crippen MR) is 91.3 cm³/mol. The molecule has 0 spiro atoms. The summed E-state index contributed by atoms with van der Waals surface area (Å²) in [5, 5.41) is 0. The van der Waals surface area contributed by atoms with Gasteiger partial charge in [0, 0.05) is 12.3 Å². The van der Waals surface area contributed by atoms with Crippen molar-refractivity contribution < 1.29 is 4.74 Å². The van der Waals surface area contributed by atoms with Crippen LogP contribution < -0.4 is 0 Å². The number of ether oxygens (including phenoxy) is 1. The third kappa shape index (κ3) is 2.10. The van der Waals surface area contributed by atoms with E-state index in [9.17, 15) is 0 Å². The van der Waals surface area contributed by atoms with E-state index in [-0.39, 0.29) is 11.0 Å². The lowest BCUT2D eigenvalue weighted by Gasteiger charge is -2.46. The van der Waals surface area contributed by atoms with Crippen LogP contribution in [-0.2, 0) is 4.74 Å². The van der Waals surface area contributed by atoms with Gasteiger partial charge in [-0.25, -0.2) is 0 Å². The fourth-order valence-electron chi connectivity index (χ4n) is 7.21. The summed E-state index contributed by atoms with van der Waals surface area (Å²) in [5.41, 5.74) is 0.414. The lowest BCUT2D eigenvalue weighted by molar-refractivity contribution is -0.0917. The highest BCUT2D eigenvalue weighted by Crippen LogP contribution is 2.71. The summed E-state index contributed by atoms with van der Waals surface area (Å²) in [7, 11) is 0. The molecular weight excluding hydrogens is 268 g/mol. The van der Waals surface area contributed by atoms with Crippen LogP contribution in [0.15, 0.2) is 12.3 Å². The fourth-order valence-corrected chi connectivity index (χ4v) is 7.21. The summed E-state index contributed by atoms with van der Waals surface area (Å²) >= 11 is 0. The van der Waals surface area contributed by atoms with Crippen LogP contribution >= 0.6 is 0 Å². The Morgan fingerprint density at radius 1 is 1.09 bits per heavy atom. The molecule has 0 aromatic heterocycles. The quantitative estimate of drug-likeness (QED) is 0.471. The summed E-state index contributed by atoms with van der Waals surface area (Å²) < 4.78 is 6.68. The zero-order chi connectivity index (χ0) is 15.7. The van der Waals surface area contributed by atoms with E-state index in [0.29, 0.717) is 0 Å². The molecule has 4 saturated carbocycles. The summed E-state index contributed by atoms with van der Waals surface area (Å²) in [5.74, 6) is 7.03. The van der Waals surface area contributed by atoms with Crippen molar-refractivity contribution in [2.24, 2.45) is 40.9 Å². The molecule has 0 aromatic carbocycles. The smallest absolute Gasteiger partial charge is 0.112 e. The van der Waals surface area contributed by atoms with E-state index < -0.39 is 0 Å². The van der Waals surface area contributed by atoms with Crippen LogP contribution in [0.5, 0.6) is 0 Å². The first-order valence-corrected chi connectivity index (χ1v) is 9.70. The Morgan fingerprint density at radius 2 is 1.77 bits per heavy atom. The Hall–Kier alpha value is -0.460. The van der Waals surface area contributed by atoms with Crippen LogP contribution in [0.3, 0.4) is 0 Å². The molecule has 0 aliphatic heterocycles. The number of fused-ring (bicyclic) bond motifs is 9. The highest BCUT2D eigenvalue weighted by atomic mass is 16.5. The molecule has 1 nitrogen and oxygen atoms in total. The minimum atomic E-state index is 0.138. The molecule has 0 heterocycles. The number of hydrogen-bond acceptors (Lipinski definition) is 1. The van der Waals surface area contributed by atoms with Crippen molar-refractivity contribution in [1.29, 1.82) is 0 Å². The van der Waals surface area contributed by atoms with Crippen LogP contribution in [0, 0.1) is 40.9 Å². The molecule has 4 rings (SSSR count). The largest absolute Gasteiger partial charge is 0.492 e. The van der Waals surface area contributed by atoms with Gasteiger partial charge in [-0.1, -0.05) is 34.3 Å². The molecule has 22 heavy (non-hydrogen) atoms. The summed E-state index contributed by atoms with van der Waals surface area (Å²) in [4.78, 5) is 0. The Labute approximate surface area is 136 Å². The van der Waals surface area contributed by atoms with Gasteiger partial charge in [-0.15, -0.1) is 0 Å². The third-order valence-electron chi connectivity index (χ3n) is 7.57. The molecule has 124 valence electrons. The molecule has 4 aliphatic rings. The average Bonchev–Trinajstić information content (AvgIpc) is 3.13. The van der Waals surface area contributed by atoms with E-state index in [4.69, 9.17) is 4.74 Å². The van der Waals surface area contributed by atoms with Crippen LogP contribution in [-0.4, -0.2) is 5.60 Å². The van der Waals surface area contributed by atoms with Gasteiger partial charge in [0.2, 0.25) is 0 Å². The van der Waals surface area contributed by atoms with Gasteiger partial charge in [-0.2, -0.15) is 0 Å². The van der Waals surface area contributed by atoms with Crippen LogP contribution in [0.2, 0.25) is 0 Å². The highest BCUT2D eigenvalue weighted by Gasteiger charge is 2.67. The highest BCUT2D eigenvalue weighted by molar-refractivity contribution is 5.17. The Kier molecular flexibility index (Phi) is 3.27. The predicted octanol–water partition coefficient (Wildman–Crippen LogP) is 5.80. The van der Waals surface area contributed by atoms with Gasteiger partial charge >= 0.3 is 0 Å². The molecule has 7 unspecified atom stereocenters. The second kappa shape index (κ2) is 4.77. The molecule has 0 radical (unpaired) electrons. The Balaban J connectivity index is 1.53. The van der Waals surface area contributed by atoms with Crippen molar-refractivity contribution in [3.05, 3.63) is 12.3 Å². The molecule has 7 atom stereocenters. The first kappa shape index (κ1) is 15.1. The SMILES string of the molecule is C=C(CC(C)(C)C)OC1(CC)CC2CC1C1C3CCC(C3)C21. The summed E-state index contributed by atoms with van der Waals surface area (Å²) in [6, 6.07) is 0. The Morgan fingerprint density at radius 3 is 2.41 bits per heavy atom. The zero-order valence-electron chi connectivity index (χ0n) is 15.0. The minimum Gasteiger partial charge on any atom is -0.492 e. The lowest BCUT2D eigenvalue weighted by atomic mass is 9.65. The molecule has 0 saturated heterocycles. The second-order valence-electron chi connectivity index (χ2n) is 10.1.